The van der Waals surface area contributed by atoms with Crippen LogP contribution in [-0.2, 0) is 0 Å². The van der Waals surface area contributed by atoms with Crippen molar-refractivity contribution < 1.29 is 4.79 Å². The first-order chi connectivity index (χ1) is 11.9. The molecule has 3 rings (SSSR count). The number of nitrogens with zero attached hydrogens (tertiary/aromatic N) is 5. The number of fused-ring (bicyclic) bond motifs is 1. The fraction of sp³-hybridized carbons (Fsp3) is 0.625. The molecule has 2 aromatic heterocycles. The lowest BCUT2D eigenvalue weighted by molar-refractivity contribution is 0.0943. The zero-order valence-electron chi connectivity index (χ0n) is 14.9. The second-order valence-corrected chi connectivity index (χ2v) is 7.75. The van der Waals surface area contributed by atoms with Gasteiger partial charge in [-0.15, -0.1) is 5.10 Å². The molecule has 0 aromatic carbocycles. The van der Waals surface area contributed by atoms with E-state index < -0.39 is 5.56 Å². The second kappa shape index (κ2) is 7.49. The van der Waals surface area contributed by atoms with Gasteiger partial charge in [0.05, 0.1) is 0 Å². The third-order valence-corrected chi connectivity index (χ3v) is 5.22. The molecule has 25 heavy (non-hydrogen) atoms. The van der Waals surface area contributed by atoms with Gasteiger partial charge in [0.1, 0.15) is 5.69 Å². The van der Waals surface area contributed by atoms with Gasteiger partial charge in [0, 0.05) is 32.2 Å². The Morgan fingerprint density at radius 1 is 1.48 bits per heavy atom. The summed E-state index contributed by atoms with van der Waals surface area (Å²) in [6.45, 7) is 5.34. The summed E-state index contributed by atoms with van der Waals surface area (Å²) < 4.78 is 1.49. The van der Waals surface area contributed by atoms with Gasteiger partial charge in [0.25, 0.3) is 11.5 Å². The van der Waals surface area contributed by atoms with Gasteiger partial charge in [-0.2, -0.15) is 9.50 Å². The van der Waals surface area contributed by atoms with E-state index in [9.17, 15) is 9.59 Å². The number of rotatable bonds is 5. The third-order valence-electron chi connectivity index (χ3n) is 4.25. The Morgan fingerprint density at radius 2 is 2.28 bits per heavy atom. The largest absolute Gasteiger partial charge is 0.349 e. The molecule has 1 unspecified atom stereocenters. The molecule has 1 amide bonds. The van der Waals surface area contributed by atoms with Crippen LogP contribution in [0.1, 0.15) is 30.3 Å². The highest BCUT2D eigenvalue weighted by atomic mass is 32.1. The molecule has 1 aliphatic heterocycles. The van der Waals surface area contributed by atoms with Gasteiger partial charge >= 0.3 is 0 Å². The van der Waals surface area contributed by atoms with Gasteiger partial charge in [0.2, 0.25) is 10.1 Å². The van der Waals surface area contributed by atoms with Crippen LogP contribution in [-0.4, -0.2) is 65.7 Å². The molecule has 1 fully saturated rings. The molecule has 3 heterocycles. The summed E-state index contributed by atoms with van der Waals surface area (Å²) in [7, 11) is 3.88. The van der Waals surface area contributed by atoms with Crippen molar-refractivity contribution in [2.75, 3.05) is 45.2 Å². The molecule has 1 atom stereocenters. The number of piperidine rings is 1. The molecule has 8 nitrogen and oxygen atoms in total. The average Bonchev–Trinajstić information content (AvgIpc) is 2.97. The number of carbonyl (C=O) groups excluding carboxylic acids is 1. The van der Waals surface area contributed by atoms with Crippen molar-refractivity contribution in [3.8, 4) is 0 Å². The molecule has 1 N–H and O–H groups in total. The second-order valence-electron chi connectivity index (χ2n) is 6.81. The average molecular weight is 364 g/mol. The zero-order chi connectivity index (χ0) is 18.0. The number of amides is 1. The zero-order valence-corrected chi connectivity index (χ0v) is 15.7. The van der Waals surface area contributed by atoms with Crippen LogP contribution in [0.25, 0.3) is 4.96 Å². The van der Waals surface area contributed by atoms with Crippen LogP contribution in [0, 0.1) is 5.92 Å². The molecule has 9 heteroatoms. The van der Waals surface area contributed by atoms with Crippen LogP contribution in [0.3, 0.4) is 0 Å². The Hall–Kier alpha value is -2.00. The number of carbonyl (C=O) groups is 1. The summed E-state index contributed by atoms with van der Waals surface area (Å²) in [5.41, 5.74) is -0.179. The maximum atomic E-state index is 12.5. The third kappa shape index (κ3) is 4.16. The summed E-state index contributed by atoms with van der Waals surface area (Å²) in [5.74, 6) is 0.308. The van der Waals surface area contributed by atoms with E-state index in [1.54, 1.807) is 0 Å². The Morgan fingerprint density at radius 3 is 3.00 bits per heavy atom. The molecule has 0 bridgehead atoms. The van der Waals surface area contributed by atoms with Gasteiger partial charge in [-0.3, -0.25) is 9.59 Å². The lowest BCUT2D eigenvalue weighted by Crippen LogP contribution is -2.34. The van der Waals surface area contributed by atoms with Gasteiger partial charge in [-0.1, -0.05) is 18.3 Å². The van der Waals surface area contributed by atoms with Gasteiger partial charge in [0.15, 0.2) is 0 Å². The van der Waals surface area contributed by atoms with Gasteiger partial charge in [-0.25, -0.2) is 0 Å². The highest BCUT2D eigenvalue weighted by molar-refractivity contribution is 7.20. The Balaban J connectivity index is 1.88. The molecule has 1 saturated heterocycles. The van der Waals surface area contributed by atoms with Gasteiger partial charge < -0.3 is 15.1 Å². The monoisotopic (exact) mass is 364 g/mol. The van der Waals surface area contributed by atoms with E-state index in [1.807, 2.05) is 19.0 Å². The lowest BCUT2D eigenvalue weighted by atomic mass is 10.0. The Kier molecular flexibility index (Phi) is 5.33. The van der Waals surface area contributed by atoms with Crippen molar-refractivity contribution in [2.45, 2.75) is 19.8 Å². The maximum absolute atomic E-state index is 12.5. The molecule has 0 spiro atoms. The van der Waals surface area contributed by atoms with Crippen LogP contribution in [0.4, 0.5) is 5.13 Å². The van der Waals surface area contributed by atoms with E-state index in [1.165, 1.54) is 28.3 Å². The summed E-state index contributed by atoms with van der Waals surface area (Å²) in [4.78, 5) is 33.0. The standard InChI is InChI=1S/C16H24N6O2S/c1-11-5-4-7-21(10-11)16-19-22-12(9-13(23)18-15(22)25-16)14(24)17-6-8-20(2)3/h9,11H,4-8,10H2,1-3H3,(H,17,24). The van der Waals surface area contributed by atoms with Crippen LogP contribution in [0.15, 0.2) is 10.9 Å². The number of hydrogen-bond acceptors (Lipinski definition) is 7. The molecule has 0 aliphatic carbocycles. The predicted molar refractivity (Wildman–Crippen MR) is 98.6 cm³/mol. The van der Waals surface area contributed by atoms with Crippen molar-refractivity contribution >= 4 is 27.3 Å². The van der Waals surface area contributed by atoms with E-state index in [4.69, 9.17) is 0 Å². The Labute approximate surface area is 150 Å². The summed E-state index contributed by atoms with van der Waals surface area (Å²) in [6.07, 6.45) is 2.34. The number of nitrogens with one attached hydrogen (secondary N) is 1. The fourth-order valence-corrected chi connectivity index (χ4v) is 3.88. The minimum Gasteiger partial charge on any atom is -0.349 e. The van der Waals surface area contributed by atoms with Crippen molar-refractivity contribution in [3.05, 3.63) is 22.1 Å². The first-order valence-electron chi connectivity index (χ1n) is 8.53. The van der Waals surface area contributed by atoms with Crippen LogP contribution >= 0.6 is 11.3 Å². The Bertz CT molecular complexity index is 815. The van der Waals surface area contributed by atoms with Crippen LogP contribution in [0.2, 0.25) is 0 Å². The van der Waals surface area contributed by atoms with Gasteiger partial charge in [-0.05, 0) is 32.9 Å². The van der Waals surface area contributed by atoms with E-state index in [0.717, 1.165) is 31.2 Å². The molecule has 0 radical (unpaired) electrons. The highest BCUT2D eigenvalue weighted by Gasteiger charge is 2.22. The maximum Gasteiger partial charge on any atom is 0.274 e. The predicted octanol–water partition coefficient (Wildman–Crippen LogP) is 0.679. The normalized spacial score (nSPS) is 18.1. The number of likely N-dealkylation sites (N-methyl/N-ethyl adjacent to an activating group) is 1. The van der Waals surface area contributed by atoms with Crippen LogP contribution in [0.5, 0.6) is 0 Å². The van der Waals surface area contributed by atoms with Crippen molar-refractivity contribution in [1.29, 1.82) is 0 Å². The first kappa shape index (κ1) is 17.8. The van der Waals surface area contributed by atoms with E-state index >= 15 is 0 Å². The van der Waals surface area contributed by atoms with E-state index in [0.29, 0.717) is 17.4 Å². The topological polar surface area (TPSA) is 82.8 Å². The number of hydrogen-bond donors (Lipinski definition) is 1. The minimum atomic E-state index is -0.417. The molecule has 0 saturated carbocycles. The van der Waals surface area contributed by atoms with Crippen molar-refractivity contribution in [2.24, 2.45) is 5.92 Å². The van der Waals surface area contributed by atoms with E-state index in [-0.39, 0.29) is 11.6 Å². The van der Waals surface area contributed by atoms with Crippen molar-refractivity contribution in [3.63, 3.8) is 0 Å². The molecule has 1 aliphatic rings. The minimum absolute atomic E-state index is 0.237. The fourth-order valence-electron chi connectivity index (χ4n) is 2.94. The molecular weight excluding hydrogens is 340 g/mol. The van der Waals surface area contributed by atoms with Crippen molar-refractivity contribution in [1.82, 2.24) is 24.8 Å². The summed E-state index contributed by atoms with van der Waals surface area (Å²) >= 11 is 1.36. The molecule has 2 aromatic rings. The quantitative estimate of drug-likeness (QED) is 0.840. The smallest absolute Gasteiger partial charge is 0.274 e. The summed E-state index contributed by atoms with van der Waals surface area (Å²) in [5, 5.41) is 8.21. The molecular formula is C16H24N6O2S. The highest BCUT2D eigenvalue weighted by Crippen LogP contribution is 2.27. The number of aromatic nitrogens is 3. The van der Waals surface area contributed by atoms with E-state index in [2.05, 4.69) is 27.2 Å². The SMILES string of the molecule is CC1CCCN(c2nn3c(C(=O)NCCN(C)C)cc(=O)nc3s2)C1. The summed E-state index contributed by atoms with van der Waals surface area (Å²) in [6, 6.07) is 1.25. The first-order valence-corrected chi connectivity index (χ1v) is 9.34. The van der Waals surface area contributed by atoms with Crippen LogP contribution < -0.4 is 15.8 Å². The number of anilines is 1. The molecule has 136 valence electrons. The lowest BCUT2D eigenvalue weighted by Gasteiger charge is -2.30.